The van der Waals surface area contributed by atoms with Crippen LogP contribution in [0.3, 0.4) is 0 Å². The molecule has 1 aromatic carbocycles. The number of benzene rings is 1. The quantitative estimate of drug-likeness (QED) is 0.758. The first-order chi connectivity index (χ1) is 7.20. The molecule has 0 aliphatic heterocycles. The third kappa shape index (κ3) is 1.81. The Morgan fingerprint density at radius 1 is 1.27 bits per heavy atom. The fraction of sp³-hybridized carbons (Fsp3) is 0. The minimum absolute atomic E-state index is 0.153. The summed E-state index contributed by atoms with van der Waals surface area (Å²) in [6.07, 6.45) is 1.50. The molecule has 15 heavy (non-hydrogen) atoms. The van der Waals surface area contributed by atoms with Crippen LogP contribution in [0.5, 0.6) is 5.88 Å². The van der Waals surface area contributed by atoms with Crippen LogP contribution < -0.4 is 4.74 Å². The predicted molar refractivity (Wildman–Crippen MR) is 49.5 cm³/mol. The van der Waals surface area contributed by atoms with Crippen molar-refractivity contribution in [3.8, 4) is 11.6 Å². The monoisotopic (exact) mass is 209 g/mol. The van der Waals surface area contributed by atoms with E-state index in [1.807, 2.05) is 0 Å². The van der Waals surface area contributed by atoms with E-state index < -0.39 is 11.6 Å². The van der Waals surface area contributed by atoms with Crippen LogP contribution in [-0.2, 0) is 0 Å². The zero-order valence-corrected chi connectivity index (χ0v) is 7.65. The van der Waals surface area contributed by atoms with E-state index >= 15 is 0 Å². The van der Waals surface area contributed by atoms with Crippen molar-refractivity contribution in [2.45, 2.75) is 0 Å². The van der Waals surface area contributed by atoms with Crippen molar-refractivity contribution in [1.29, 1.82) is 0 Å². The molecule has 77 valence electrons. The van der Waals surface area contributed by atoms with Gasteiger partial charge in [-0.05, 0) is 12.1 Å². The average molecular weight is 209 g/mol. The normalized spacial score (nSPS) is 10.3. The van der Waals surface area contributed by atoms with E-state index in [4.69, 9.17) is 0 Å². The van der Waals surface area contributed by atoms with Gasteiger partial charge in [-0.3, -0.25) is 0 Å². The SMILES string of the molecule is [CH2]Oc1ccn(-c2ccc(F)cc2F)n1. The van der Waals surface area contributed by atoms with Crippen LogP contribution in [0.25, 0.3) is 5.69 Å². The molecule has 0 N–H and O–H groups in total. The molecule has 0 unspecified atom stereocenters. The molecule has 2 rings (SSSR count). The first kappa shape index (κ1) is 9.64. The van der Waals surface area contributed by atoms with E-state index in [1.54, 1.807) is 0 Å². The van der Waals surface area contributed by atoms with Gasteiger partial charge in [0.15, 0.2) is 5.82 Å². The van der Waals surface area contributed by atoms with Gasteiger partial charge in [-0.25, -0.2) is 13.5 Å². The molecule has 1 aromatic heterocycles. The highest BCUT2D eigenvalue weighted by Gasteiger charge is 2.07. The Balaban J connectivity index is 2.44. The Morgan fingerprint density at radius 3 is 2.67 bits per heavy atom. The lowest BCUT2D eigenvalue weighted by Crippen LogP contribution is -1.99. The number of hydrogen-bond acceptors (Lipinski definition) is 2. The summed E-state index contributed by atoms with van der Waals surface area (Å²) in [5, 5.41) is 3.86. The topological polar surface area (TPSA) is 27.1 Å². The molecular weight excluding hydrogens is 202 g/mol. The molecule has 0 aliphatic rings. The Labute approximate surface area is 84.9 Å². The van der Waals surface area contributed by atoms with E-state index in [0.29, 0.717) is 0 Å². The van der Waals surface area contributed by atoms with Gasteiger partial charge < -0.3 is 4.74 Å². The maximum Gasteiger partial charge on any atom is 0.233 e. The maximum absolute atomic E-state index is 13.3. The molecular formula is C10H7F2N2O. The number of hydrogen-bond donors (Lipinski definition) is 0. The number of aromatic nitrogens is 2. The molecule has 1 radical (unpaired) electrons. The van der Waals surface area contributed by atoms with Gasteiger partial charge in [0.05, 0.1) is 0 Å². The number of nitrogens with zero attached hydrogens (tertiary/aromatic N) is 2. The van der Waals surface area contributed by atoms with Crippen LogP contribution in [0.1, 0.15) is 0 Å². The van der Waals surface area contributed by atoms with Crippen molar-refractivity contribution >= 4 is 0 Å². The summed E-state index contributed by atoms with van der Waals surface area (Å²) in [6.45, 7) is 0. The van der Waals surface area contributed by atoms with Gasteiger partial charge in [-0.15, -0.1) is 5.10 Å². The molecule has 5 heteroatoms. The minimum Gasteiger partial charge on any atom is -0.473 e. The summed E-state index contributed by atoms with van der Waals surface area (Å²) < 4.78 is 31.8. The van der Waals surface area contributed by atoms with E-state index in [2.05, 4.69) is 16.9 Å². The van der Waals surface area contributed by atoms with Crippen LogP contribution in [0.15, 0.2) is 30.5 Å². The largest absolute Gasteiger partial charge is 0.473 e. The number of rotatable bonds is 2. The lowest BCUT2D eigenvalue weighted by Gasteiger charge is -2.02. The van der Waals surface area contributed by atoms with Crippen molar-refractivity contribution < 1.29 is 13.5 Å². The summed E-state index contributed by atoms with van der Waals surface area (Å²) in [5.74, 6) is -1.05. The lowest BCUT2D eigenvalue weighted by molar-refractivity contribution is 0.447. The molecule has 1 heterocycles. The van der Waals surface area contributed by atoms with Gasteiger partial charge in [0.1, 0.15) is 18.6 Å². The fourth-order valence-corrected chi connectivity index (χ4v) is 1.19. The van der Waals surface area contributed by atoms with Gasteiger partial charge in [-0.1, -0.05) is 0 Å². The first-order valence-electron chi connectivity index (χ1n) is 4.14. The highest BCUT2D eigenvalue weighted by atomic mass is 19.1. The number of halogens is 2. The molecule has 0 spiro atoms. The average Bonchev–Trinajstić information content (AvgIpc) is 2.66. The molecule has 0 saturated heterocycles. The standard InChI is InChI=1S/C10H7F2N2O/c1-15-10-4-5-14(13-10)9-3-2-7(11)6-8(9)12/h2-6H,1H2. The van der Waals surface area contributed by atoms with Gasteiger partial charge in [0.2, 0.25) is 5.88 Å². The van der Waals surface area contributed by atoms with Gasteiger partial charge in [-0.2, -0.15) is 0 Å². The second-order valence-electron chi connectivity index (χ2n) is 2.84. The smallest absolute Gasteiger partial charge is 0.233 e. The number of ether oxygens (including phenoxy) is 1. The van der Waals surface area contributed by atoms with Crippen LogP contribution in [-0.4, -0.2) is 9.78 Å². The van der Waals surface area contributed by atoms with E-state index in [9.17, 15) is 8.78 Å². The summed E-state index contributed by atoms with van der Waals surface area (Å²) in [7, 11) is 3.17. The summed E-state index contributed by atoms with van der Waals surface area (Å²) in [6, 6.07) is 4.77. The van der Waals surface area contributed by atoms with Crippen LogP contribution >= 0.6 is 0 Å². The van der Waals surface area contributed by atoms with E-state index in [1.165, 1.54) is 23.0 Å². The summed E-state index contributed by atoms with van der Waals surface area (Å²) in [4.78, 5) is 0. The Kier molecular flexibility index (Phi) is 2.37. The van der Waals surface area contributed by atoms with Crippen molar-refractivity contribution in [1.82, 2.24) is 9.78 Å². The zero-order valence-electron chi connectivity index (χ0n) is 7.65. The lowest BCUT2D eigenvalue weighted by atomic mass is 10.3. The fourth-order valence-electron chi connectivity index (χ4n) is 1.19. The van der Waals surface area contributed by atoms with Crippen LogP contribution in [0, 0.1) is 18.7 Å². The second-order valence-corrected chi connectivity index (χ2v) is 2.84. The summed E-state index contributed by atoms with van der Waals surface area (Å²) in [5.41, 5.74) is 0.153. The molecule has 0 saturated carbocycles. The first-order valence-corrected chi connectivity index (χ1v) is 4.14. The maximum atomic E-state index is 13.3. The molecule has 0 amide bonds. The Morgan fingerprint density at radius 2 is 2.07 bits per heavy atom. The highest BCUT2D eigenvalue weighted by molar-refractivity contribution is 5.33. The van der Waals surface area contributed by atoms with E-state index in [0.717, 1.165) is 12.1 Å². The Hall–Kier alpha value is -1.91. The van der Waals surface area contributed by atoms with Crippen molar-refractivity contribution in [3.63, 3.8) is 0 Å². The van der Waals surface area contributed by atoms with Gasteiger partial charge in [0, 0.05) is 18.3 Å². The van der Waals surface area contributed by atoms with Crippen LogP contribution in [0.4, 0.5) is 8.78 Å². The van der Waals surface area contributed by atoms with Crippen LogP contribution in [0.2, 0.25) is 0 Å². The minimum atomic E-state index is -0.686. The highest BCUT2D eigenvalue weighted by Crippen LogP contribution is 2.16. The molecule has 0 aliphatic carbocycles. The molecule has 0 bridgehead atoms. The van der Waals surface area contributed by atoms with E-state index in [-0.39, 0.29) is 11.6 Å². The second kappa shape index (κ2) is 3.68. The summed E-state index contributed by atoms with van der Waals surface area (Å²) >= 11 is 0. The van der Waals surface area contributed by atoms with Crippen molar-refractivity contribution in [3.05, 3.63) is 49.2 Å². The molecule has 2 aromatic rings. The predicted octanol–water partition coefficient (Wildman–Crippen LogP) is 2.32. The van der Waals surface area contributed by atoms with Gasteiger partial charge >= 0.3 is 0 Å². The molecule has 3 nitrogen and oxygen atoms in total. The molecule has 0 atom stereocenters. The molecule has 0 fully saturated rings. The van der Waals surface area contributed by atoms with Crippen molar-refractivity contribution in [2.75, 3.05) is 0 Å². The van der Waals surface area contributed by atoms with Crippen molar-refractivity contribution in [2.24, 2.45) is 0 Å². The Bertz CT molecular complexity index is 482. The third-order valence-electron chi connectivity index (χ3n) is 1.87. The van der Waals surface area contributed by atoms with Gasteiger partial charge in [0.25, 0.3) is 0 Å². The zero-order chi connectivity index (χ0) is 10.8. The third-order valence-corrected chi connectivity index (χ3v) is 1.87.